The van der Waals surface area contributed by atoms with Crippen LogP contribution in [0.3, 0.4) is 0 Å². The molecular weight excluding hydrogens is 323 g/mol. The monoisotopic (exact) mass is 344 g/mol. The van der Waals surface area contributed by atoms with Gasteiger partial charge in [0.25, 0.3) is 0 Å². The molecule has 0 heterocycles. The first kappa shape index (κ1) is 18.6. The van der Waals surface area contributed by atoms with Crippen LogP contribution in [0.1, 0.15) is 42.3 Å². The lowest BCUT2D eigenvalue weighted by Gasteiger charge is -2.19. The van der Waals surface area contributed by atoms with Gasteiger partial charge in [-0.05, 0) is 44.0 Å². The second-order valence-electron chi connectivity index (χ2n) is 6.65. The van der Waals surface area contributed by atoms with E-state index in [0.29, 0.717) is 6.29 Å². The molecule has 0 N–H and O–H groups in total. The van der Waals surface area contributed by atoms with Crippen LogP contribution >= 0.6 is 0 Å². The zero-order chi connectivity index (χ0) is 18.4. The van der Waals surface area contributed by atoms with E-state index in [0.717, 1.165) is 11.1 Å². The van der Waals surface area contributed by atoms with Gasteiger partial charge >= 0.3 is 5.97 Å². The van der Waals surface area contributed by atoms with Crippen LogP contribution in [0.2, 0.25) is 0 Å². The van der Waals surface area contributed by atoms with E-state index in [1.807, 2.05) is 39.0 Å². The Morgan fingerprint density at radius 2 is 1.80 bits per heavy atom. The fourth-order valence-corrected chi connectivity index (χ4v) is 2.26. The molecule has 5 heteroatoms. The number of carbonyl (C=O) groups excluding carboxylic acids is 2. The Balaban J connectivity index is 2.02. The molecule has 0 aliphatic heterocycles. The van der Waals surface area contributed by atoms with E-state index in [1.165, 1.54) is 12.1 Å². The number of benzene rings is 2. The smallest absolute Gasteiger partial charge is 0.310 e. The van der Waals surface area contributed by atoms with Crippen molar-refractivity contribution in [3.05, 3.63) is 65.0 Å². The van der Waals surface area contributed by atoms with Crippen molar-refractivity contribution in [1.82, 2.24) is 0 Å². The standard InChI is InChI=1S/C20H21FO4/c1-20(2,3)25-18(23)11-14-6-4-7-15(10-14)13-24-17-9-5-8-16(12-22)19(17)21/h4-10,12H,11,13H2,1-3H3. The lowest BCUT2D eigenvalue weighted by molar-refractivity contribution is -0.153. The lowest BCUT2D eigenvalue weighted by Crippen LogP contribution is -2.24. The van der Waals surface area contributed by atoms with Gasteiger partial charge in [-0.2, -0.15) is 0 Å². The van der Waals surface area contributed by atoms with Crippen LogP contribution in [0.25, 0.3) is 0 Å². The largest absolute Gasteiger partial charge is 0.486 e. The van der Waals surface area contributed by atoms with Crippen molar-refractivity contribution >= 4 is 12.3 Å². The van der Waals surface area contributed by atoms with Crippen LogP contribution in [0, 0.1) is 5.82 Å². The predicted octanol–water partition coefficient (Wildman–Crippen LogP) is 4.10. The third-order valence-corrected chi connectivity index (χ3v) is 3.27. The summed E-state index contributed by atoms with van der Waals surface area (Å²) in [6.45, 7) is 5.58. The maximum atomic E-state index is 14.0. The van der Waals surface area contributed by atoms with E-state index >= 15 is 0 Å². The van der Waals surface area contributed by atoms with Crippen molar-refractivity contribution in [2.75, 3.05) is 0 Å². The van der Waals surface area contributed by atoms with E-state index < -0.39 is 11.4 Å². The summed E-state index contributed by atoms with van der Waals surface area (Å²) >= 11 is 0. The van der Waals surface area contributed by atoms with E-state index in [1.54, 1.807) is 12.1 Å². The van der Waals surface area contributed by atoms with E-state index in [4.69, 9.17) is 9.47 Å². The van der Waals surface area contributed by atoms with E-state index in [2.05, 4.69) is 0 Å². The second kappa shape index (κ2) is 7.92. The Kier molecular flexibility index (Phi) is 5.91. The molecule has 2 aromatic carbocycles. The van der Waals surface area contributed by atoms with E-state index in [-0.39, 0.29) is 30.3 Å². The summed E-state index contributed by atoms with van der Waals surface area (Å²) < 4.78 is 24.7. The molecule has 0 atom stereocenters. The van der Waals surface area contributed by atoms with Crippen molar-refractivity contribution in [1.29, 1.82) is 0 Å². The van der Waals surface area contributed by atoms with Crippen LogP contribution in [0.15, 0.2) is 42.5 Å². The molecule has 25 heavy (non-hydrogen) atoms. The predicted molar refractivity (Wildman–Crippen MR) is 92.1 cm³/mol. The van der Waals surface area contributed by atoms with Crippen molar-refractivity contribution in [3.8, 4) is 5.75 Å². The van der Waals surface area contributed by atoms with Crippen molar-refractivity contribution in [2.45, 2.75) is 39.4 Å². The molecule has 0 saturated heterocycles. The molecule has 2 aromatic rings. The third kappa shape index (κ3) is 5.71. The zero-order valence-electron chi connectivity index (χ0n) is 14.5. The van der Waals surface area contributed by atoms with Gasteiger partial charge in [0.05, 0.1) is 12.0 Å². The normalized spacial score (nSPS) is 11.0. The van der Waals surface area contributed by atoms with Gasteiger partial charge in [0, 0.05) is 0 Å². The van der Waals surface area contributed by atoms with Crippen LogP contribution in [-0.4, -0.2) is 17.9 Å². The molecule has 0 amide bonds. The summed E-state index contributed by atoms with van der Waals surface area (Å²) in [6.07, 6.45) is 0.601. The average Bonchev–Trinajstić information content (AvgIpc) is 2.52. The molecule has 4 nitrogen and oxygen atoms in total. The SMILES string of the molecule is CC(C)(C)OC(=O)Cc1cccc(COc2cccc(C=O)c2F)c1. The van der Waals surface area contributed by atoms with Gasteiger partial charge in [0.2, 0.25) is 0 Å². The first-order chi connectivity index (χ1) is 11.8. The Hall–Kier alpha value is -2.69. The minimum Gasteiger partial charge on any atom is -0.486 e. The fourth-order valence-electron chi connectivity index (χ4n) is 2.26. The van der Waals surface area contributed by atoms with Crippen molar-refractivity contribution < 1.29 is 23.5 Å². The fraction of sp³-hybridized carbons (Fsp3) is 0.300. The maximum absolute atomic E-state index is 14.0. The maximum Gasteiger partial charge on any atom is 0.310 e. The third-order valence-electron chi connectivity index (χ3n) is 3.27. The second-order valence-corrected chi connectivity index (χ2v) is 6.65. The van der Waals surface area contributed by atoms with Gasteiger partial charge in [-0.15, -0.1) is 0 Å². The minimum atomic E-state index is -0.678. The molecule has 0 spiro atoms. The van der Waals surface area contributed by atoms with E-state index in [9.17, 15) is 14.0 Å². The van der Waals surface area contributed by atoms with Crippen molar-refractivity contribution in [2.24, 2.45) is 0 Å². The van der Waals surface area contributed by atoms with Gasteiger partial charge in [-0.25, -0.2) is 4.39 Å². The summed E-state index contributed by atoms with van der Waals surface area (Å²) in [5.74, 6) is -0.972. The number of esters is 1. The van der Waals surface area contributed by atoms with Crippen LogP contribution in [0.5, 0.6) is 5.75 Å². The summed E-state index contributed by atoms with van der Waals surface area (Å²) in [4.78, 5) is 22.7. The number of hydrogen-bond donors (Lipinski definition) is 0. The summed E-state index contributed by atoms with van der Waals surface area (Å²) in [6, 6.07) is 11.7. The molecule has 0 fully saturated rings. The molecule has 0 unspecified atom stereocenters. The Morgan fingerprint density at radius 3 is 2.48 bits per heavy atom. The molecule has 0 aliphatic rings. The molecule has 0 bridgehead atoms. The number of aldehydes is 1. The van der Waals surface area contributed by atoms with Gasteiger partial charge in [0.1, 0.15) is 12.2 Å². The molecule has 132 valence electrons. The first-order valence-electron chi connectivity index (χ1n) is 7.94. The highest BCUT2D eigenvalue weighted by atomic mass is 19.1. The quantitative estimate of drug-likeness (QED) is 0.585. The Labute approximate surface area is 146 Å². The summed E-state index contributed by atoms with van der Waals surface area (Å²) in [5, 5.41) is 0. The highest BCUT2D eigenvalue weighted by Crippen LogP contribution is 2.21. The zero-order valence-corrected chi connectivity index (χ0v) is 14.5. The number of ether oxygens (including phenoxy) is 2. The minimum absolute atomic E-state index is 0.0159. The van der Waals surface area contributed by atoms with Crippen molar-refractivity contribution in [3.63, 3.8) is 0 Å². The highest BCUT2D eigenvalue weighted by Gasteiger charge is 2.16. The van der Waals surface area contributed by atoms with Crippen LogP contribution in [-0.2, 0) is 22.6 Å². The first-order valence-corrected chi connectivity index (χ1v) is 7.94. The lowest BCUT2D eigenvalue weighted by atomic mass is 10.1. The Morgan fingerprint density at radius 1 is 1.12 bits per heavy atom. The summed E-state index contributed by atoms with van der Waals surface area (Å²) in [5.41, 5.74) is 1.00. The number of hydrogen-bond acceptors (Lipinski definition) is 4. The highest BCUT2D eigenvalue weighted by molar-refractivity contribution is 5.76. The molecule has 0 aliphatic carbocycles. The van der Waals surface area contributed by atoms with Gasteiger partial charge in [0.15, 0.2) is 17.9 Å². The number of rotatable bonds is 6. The molecular formula is C20H21FO4. The number of halogens is 1. The molecule has 0 aromatic heterocycles. The summed E-state index contributed by atoms with van der Waals surface area (Å²) in [7, 11) is 0. The molecule has 0 saturated carbocycles. The average molecular weight is 344 g/mol. The van der Waals surface area contributed by atoms with Crippen LogP contribution in [0.4, 0.5) is 4.39 Å². The Bertz CT molecular complexity index is 763. The number of carbonyl (C=O) groups is 2. The van der Waals surface area contributed by atoms with Crippen LogP contribution < -0.4 is 4.74 Å². The van der Waals surface area contributed by atoms with Gasteiger partial charge in [-0.3, -0.25) is 9.59 Å². The van der Waals surface area contributed by atoms with Gasteiger partial charge < -0.3 is 9.47 Å². The van der Waals surface area contributed by atoms with Gasteiger partial charge in [-0.1, -0.05) is 30.3 Å². The topological polar surface area (TPSA) is 52.6 Å². The molecule has 2 rings (SSSR count). The molecule has 0 radical (unpaired) electrons.